The molecule has 2 aromatic carbocycles. The molecule has 2 aromatic rings. The zero-order chi connectivity index (χ0) is 19.6. The van der Waals surface area contributed by atoms with Gasteiger partial charge in [0.25, 0.3) is 11.8 Å². The Morgan fingerprint density at radius 2 is 1.74 bits per heavy atom. The van der Waals surface area contributed by atoms with Crippen LogP contribution in [0.5, 0.6) is 11.5 Å². The highest BCUT2D eigenvalue weighted by atomic mass is 35.5. The molecule has 1 N–H and O–H groups in total. The summed E-state index contributed by atoms with van der Waals surface area (Å²) in [5, 5.41) is 3.17. The van der Waals surface area contributed by atoms with Crippen molar-refractivity contribution in [3.8, 4) is 11.5 Å². The van der Waals surface area contributed by atoms with Crippen molar-refractivity contribution in [1.29, 1.82) is 0 Å². The maximum Gasteiger partial charge on any atom is 0.262 e. The number of nitrogens with zero attached hydrogens (tertiary/aromatic N) is 1. The third-order valence-electron chi connectivity index (χ3n) is 3.79. The molecule has 144 valence electrons. The second-order valence-corrected chi connectivity index (χ2v) is 6.06. The van der Waals surface area contributed by atoms with E-state index in [0.717, 1.165) is 0 Å². The molecule has 0 radical (unpaired) electrons. The molecule has 0 aliphatic rings. The highest BCUT2D eigenvalue weighted by Crippen LogP contribution is 2.23. The Kier molecular flexibility index (Phi) is 7.95. The van der Waals surface area contributed by atoms with Crippen LogP contribution in [0.25, 0.3) is 0 Å². The number of carbonyl (C=O) groups excluding carboxylic acids is 2. The lowest BCUT2D eigenvalue weighted by Crippen LogP contribution is -2.34. The van der Waals surface area contributed by atoms with Crippen LogP contribution in [0.4, 0.5) is 5.69 Å². The first-order valence-electron chi connectivity index (χ1n) is 8.71. The summed E-state index contributed by atoms with van der Waals surface area (Å²) in [4.78, 5) is 25.7. The van der Waals surface area contributed by atoms with Crippen molar-refractivity contribution in [3.05, 3.63) is 53.6 Å². The van der Waals surface area contributed by atoms with E-state index >= 15 is 0 Å². The lowest BCUT2D eigenvalue weighted by atomic mass is 10.3. The summed E-state index contributed by atoms with van der Waals surface area (Å²) < 4.78 is 10.9. The van der Waals surface area contributed by atoms with E-state index in [1.54, 1.807) is 53.4 Å². The minimum atomic E-state index is -0.328. The molecule has 0 aliphatic heterocycles. The molecule has 0 saturated carbocycles. The Morgan fingerprint density at radius 1 is 1.00 bits per heavy atom. The fourth-order valence-corrected chi connectivity index (χ4v) is 2.57. The van der Waals surface area contributed by atoms with Crippen LogP contribution in [-0.4, -0.2) is 43.0 Å². The van der Waals surface area contributed by atoms with Crippen molar-refractivity contribution in [3.63, 3.8) is 0 Å². The second kappa shape index (κ2) is 10.4. The van der Waals surface area contributed by atoms with Crippen molar-refractivity contribution < 1.29 is 19.1 Å². The molecule has 0 atom stereocenters. The number of hydrogen-bond acceptors (Lipinski definition) is 4. The number of anilines is 1. The molecule has 2 amide bonds. The number of para-hydroxylation sites is 1. The van der Waals surface area contributed by atoms with Crippen molar-refractivity contribution in [2.45, 2.75) is 13.8 Å². The molecule has 0 unspecified atom stereocenters. The van der Waals surface area contributed by atoms with Crippen LogP contribution in [0, 0.1) is 0 Å². The van der Waals surface area contributed by atoms with Crippen LogP contribution in [0.1, 0.15) is 13.8 Å². The topological polar surface area (TPSA) is 67.9 Å². The summed E-state index contributed by atoms with van der Waals surface area (Å²) in [5.74, 6) is 0.538. The van der Waals surface area contributed by atoms with Crippen LogP contribution in [0.15, 0.2) is 48.5 Å². The molecule has 6 nitrogen and oxygen atoms in total. The summed E-state index contributed by atoms with van der Waals surface area (Å²) >= 11 is 5.99. The van der Waals surface area contributed by atoms with E-state index < -0.39 is 0 Å². The fraction of sp³-hybridized carbons (Fsp3) is 0.300. The van der Waals surface area contributed by atoms with E-state index in [1.807, 2.05) is 13.8 Å². The molecule has 0 heterocycles. The van der Waals surface area contributed by atoms with Gasteiger partial charge in [-0.05, 0) is 38.1 Å². The number of amides is 2. The van der Waals surface area contributed by atoms with Crippen molar-refractivity contribution >= 4 is 29.1 Å². The van der Waals surface area contributed by atoms with Crippen LogP contribution in [0.2, 0.25) is 5.02 Å². The molecule has 0 spiro atoms. The zero-order valence-corrected chi connectivity index (χ0v) is 16.2. The van der Waals surface area contributed by atoms with Gasteiger partial charge in [0.05, 0.1) is 5.02 Å². The van der Waals surface area contributed by atoms with Crippen LogP contribution in [0.3, 0.4) is 0 Å². The van der Waals surface area contributed by atoms with Crippen molar-refractivity contribution in [2.75, 3.05) is 31.6 Å². The highest BCUT2D eigenvalue weighted by Gasteiger charge is 2.11. The lowest BCUT2D eigenvalue weighted by molar-refractivity contribution is -0.133. The van der Waals surface area contributed by atoms with Crippen molar-refractivity contribution in [2.24, 2.45) is 0 Å². The Labute approximate surface area is 164 Å². The standard InChI is InChI=1S/C20H23ClN2O4/c1-3-23(4-2)20(25)14-26-16-9-7-8-15(12-16)22-19(24)13-27-18-11-6-5-10-17(18)21/h5-12H,3-4,13-14H2,1-2H3,(H,22,24). The van der Waals surface area contributed by atoms with Gasteiger partial charge in [0, 0.05) is 24.8 Å². The van der Waals surface area contributed by atoms with E-state index in [4.69, 9.17) is 21.1 Å². The average molecular weight is 391 g/mol. The minimum absolute atomic E-state index is 0.0469. The van der Waals surface area contributed by atoms with Gasteiger partial charge in [0.15, 0.2) is 13.2 Å². The monoisotopic (exact) mass is 390 g/mol. The van der Waals surface area contributed by atoms with Crippen molar-refractivity contribution in [1.82, 2.24) is 4.90 Å². The number of hydrogen-bond donors (Lipinski definition) is 1. The van der Waals surface area contributed by atoms with Gasteiger partial charge in [-0.15, -0.1) is 0 Å². The number of likely N-dealkylation sites (N-methyl/N-ethyl adjacent to an activating group) is 1. The second-order valence-electron chi connectivity index (χ2n) is 5.65. The van der Waals surface area contributed by atoms with E-state index in [0.29, 0.717) is 35.3 Å². The molecule has 0 fully saturated rings. The van der Waals surface area contributed by atoms with Crippen LogP contribution >= 0.6 is 11.6 Å². The molecular formula is C20H23ClN2O4. The van der Waals surface area contributed by atoms with Gasteiger partial charge in [0.2, 0.25) is 0 Å². The van der Waals surface area contributed by atoms with Gasteiger partial charge >= 0.3 is 0 Å². The third kappa shape index (κ3) is 6.49. The Bertz CT molecular complexity index is 778. The summed E-state index contributed by atoms with van der Waals surface area (Å²) in [6, 6.07) is 13.8. The average Bonchev–Trinajstić information content (AvgIpc) is 2.67. The minimum Gasteiger partial charge on any atom is -0.484 e. The number of halogens is 1. The Morgan fingerprint density at radius 3 is 2.44 bits per heavy atom. The highest BCUT2D eigenvalue weighted by molar-refractivity contribution is 6.32. The summed E-state index contributed by atoms with van der Waals surface area (Å²) in [5.41, 5.74) is 0.551. The number of rotatable bonds is 9. The fourth-order valence-electron chi connectivity index (χ4n) is 2.38. The molecule has 7 heteroatoms. The first-order valence-corrected chi connectivity index (χ1v) is 9.09. The molecule has 0 aromatic heterocycles. The summed E-state index contributed by atoms with van der Waals surface area (Å²) in [7, 11) is 0. The molecule has 0 bridgehead atoms. The van der Waals surface area contributed by atoms with E-state index in [1.165, 1.54) is 0 Å². The van der Waals surface area contributed by atoms with Gasteiger partial charge in [-0.3, -0.25) is 9.59 Å². The Hall–Kier alpha value is -2.73. The summed E-state index contributed by atoms with van der Waals surface area (Å²) in [6.07, 6.45) is 0. The molecule has 0 saturated heterocycles. The third-order valence-corrected chi connectivity index (χ3v) is 4.10. The van der Waals surface area contributed by atoms with Gasteiger partial charge in [-0.1, -0.05) is 29.8 Å². The maximum atomic E-state index is 12.1. The lowest BCUT2D eigenvalue weighted by Gasteiger charge is -2.18. The first-order chi connectivity index (χ1) is 13.0. The number of benzene rings is 2. The van der Waals surface area contributed by atoms with E-state index in [-0.39, 0.29) is 25.0 Å². The smallest absolute Gasteiger partial charge is 0.262 e. The molecular weight excluding hydrogens is 368 g/mol. The SMILES string of the molecule is CCN(CC)C(=O)COc1cccc(NC(=O)COc2ccccc2Cl)c1. The zero-order valence-electron chi connectivity index (χ0n) is 15.4. The quantitative estimate of drug-likeness (QED) is 0.710. The molecule has 0 aliphatic carbocycles. The van der Waals surface area contributed by atoms with Gasteiger partial charge in [-0.25, -0.2) is 0 Å². The van der Waals surface area contributed by atoms with Gasteiger partial charge in [0.1, 0.15) is 11.5 Å². The number of carbonyl (C=O) groups is 2. The summed E-state index contributed by atoms with van der Waals surface area (Å²) in [6.45, 7) is 4.90. The largest absolute Gasteiger partial charge is 0.484 e. The van der Waals surface area contributed by atoms with Gasteiger partial charge < -0.3 is 19.7 Å². The Balaban J connectivity index is 1.86. The van der Waals surface area contributed by atoms with Crippen LogP contribution in [-0.2, 0) is 9.59 Å². The van der Waals surface area contributed by atoms with Crippen LogP contribution < -0.4 is 14.8 Å². The maximum absolute atomic E-state index is 12.1. The first kappa shape index (κ1) is 20.6. The number of ether oxygens (including phenoxy) is 2. The molecule has 27 heavy (non-hydrogen) atoms. The molecule has 2 rings (SSSR count). The predicted molar refractivity (Wildman–Crippen MR) is 105 cm³/mol. The van der Waals surface area contributed by atoms with Gasteiger partial charge in [-0.2, -0.15) is 0 Å². The predicted octanol–water partition coefficient (Wildman–Crippen LogP) is 3.60. The normalized spacial score (nSPS) is 10.2. The number of nitrogens with one attached hydrogen (secondary N) is 1. The van der Waals surface area contributed by atoms with E-state index in [2.05, 4.69) is 5.32 Å². The van der Waals surface area contributed by atoms with E-state index in [9.17, 15) is 9.59 Å².